The van der Waals surface area contributed by atoms with E-state index in [4.69, 9.17) is 15.6 Å². The number of aromatic nitrogens is 2. The Morgan fingerprint density at radius 3 is 2.59 bits per heavy atom. The van der Waals surface area contributed by atoms with Crippen LogP contribution in [-0.2, 0) is 5.75 Å². The third-order valence-electron chi connectivity index (χ3n) is 2.13. The van der Waals surface area contributed by atoms with Crippen molar-refractivity contribution in [3.63, 3.8) is 0 Å². The number of aryl methyl sites for hydroxylation is 1. The number of hydrogen-bond acceptors (Lipinski definition) is 5. The molecule has 0 radical (unpaired) electrons. The highest BCUT2D eigenvalue weighted by molar-refractivity contribution is 7.98. The molecule has 0 aliphatic carbocycles. The molecule has 0 aliphatic rings. The third-order valence-corrected chi connectivity index (χ3v) is 3.02. The predicted octanol–water partition coefficient (Wildman–Crippen LogP) is 1.95. The van der Waals surface area contributed by atoms with Crippen molar-refractivity contribution in [2.45, 2.75) is 17.9 Å². The molecule has 0 saturated heterocycles. The molecule has 1 aromatic heterocycles. The summed E-state index contributed by atoms with van der Waals surface area (Å²) in [5, 5.41) is 15.5. The minimum absolute atomic E-state index is 0.0803. The Morgan fingerprint density at radius 1 is 1.35 bits per heavy atom. The molecule has 0 unspecified atom stereocenters. The Morgan fingerprint density at radius 2 is 2.06 bits per heavy atom. The van der Waals surface area contributed by atoms with E-state index < -0.39 is 0 Å². The molecule has 1 aromatic carbocycles. The fourth-order valence-corrected chi connectivity index (χ4v) is 2.02. The van der Waals surface area contributed by atoms with Crippen LogP contribution < -0.4 is 5.73 Å². The van der Waals surface area contributed by atoms with Gasteiger partial charge < -0.3 is 10.2 Å². The molecule has 2 aromatic rings. The number of nitrogens with two attached hydrogens (primary N) is 1. The van der Waals surface area contributed by atoms with Crippen LogP contribution in [0.5, 0.6) is 0 Å². The van der Waals surface area contributed by atoms with Crippen molar-refractivity contribution in [2.24, 2.45) is 5.73 Å². The van der Waals surface area contributed by atoms with E-state index in [1.165, 1.54) is 11.8 Å². The lowest BCUT2D eigenvalue weighted by Gasteiger charge is -2.01. The van der Waals surface area contributed by atoms with Crippen LogP contribution in [-0.4, -0.2) is 16.0 Å². The molecular formula is C11H12N4OS. The van der Waals surface area contributed by atoms with Gasteiger partial charge in [-0.3, -0.25) is 5.41 Å². The minimum Gasteiger partial charge on any atom is -0.416 e. The number of hydrogen-bond donors (Lipinski definition) is 2. The first kappa shape index (κ1) is 11.7. The Bertz CT molecular complexity index is 521. The zero-order chi connectivity index (χ0) is 12.3. The molecule has 0 spiro atoms. The first-order valence-corrected chi connectivity index (χ1v) is 6.00. The quantitative estimate of drug-likeness (QED) is 0.490. The molecule has 17 heavy (non-hydrogen) atoms. The van der Waals surface area contributed by atoms with E-state index in [1.807, 2.05) is 24.3 Å². The standard InChI is InChI=1S/C11H12N4OS/c1-7-14-15-11(16-7)17-6-8-2-4-9(5-3-8)10(12)13/h2-5H,6H2,1H3,(H3,12,13). The number of benzene rings is 1. The van der Waals surface area contributed by atoms with Crippen molar-refractivity contribution >= 4 is 17.6 Å². The van der Waals surface area contributed by atoms with E-state index >= 15 is 0 Å². The van der Waals surface area contributed by atoms with Gasteiger partial charge in [0, 0.05) is 18.2 Å². The van der Waals surface area contributed by atoms with Gasteiger partial charge in [-0.15, -0.1) is 10.2 Å². The number of thioether (sulfide) groups is 1. The van der Waals surface area contributed by atoms with Gasteiger partial charge in [-0.05, 0) is 5.56 Å². The van der Waals surface area contributed by atoms with Gasteiger partial charge in [0.25, 0.3) is 5.22 Å². The maximum atomic E-state index is 7.28. The Kier molecular flexibility index (Phi) is 3.43. The van der Waals surface area contributed by atoms with Crippen molar-refractivity contribution in [3.8, 4) is 0 Å². The third kappa shape index (κ3) is 3.07. The van der Waals surface area contributed by atoms with Crippen LogP contribution in [0.15, 0.2) is 33.9 Å². The van der Waals surface area contributed by atoms with Crippen LogP contribution in [0.4, 0.5) is 0 Å². The van der Waals surface area contributed by atoms with Gasteiger partial charge in [-0.25, -0.2) is 0 Å². The highest BCUT2D eigenvalue weighted by Gasteiger charge is 2.03. The van der Waals surface area contributed by atoms with Crippen LogP contribution in [0.3, 0.4) is 0 Å². The molecule has 0 saturated carbocycles. The molecule has 5 nitrogen and oxygen atoms in total. The zero-order valence-electron chi connectivity index (χ0n) is 9.30. The fraction of sp³-hybridized carbons (Fsp3) is 0.182. The van der Waals surface area contributed by atoms with Gasteiger partial charge in [-0.2, -0.15) is 0 Å². The van der Waals surface area contributed by atoms with Crippen molar-refractivity contribution in [1.82, 2.24) is 10.2 Å². The molecule has 1 heterocycles. The van der Waals surface area contributed by atoms with Crippen molar-refractivity contribution < 1.29 is 4.42 Å². The van der Waals surface area contributed by atoms with Gasteiger partial charge >= 0.3 is 0 Å². The summed E-state index contributed by atoms with van der Waals surface area (Å²) in [6, 6.07) is 7.54. The average Bonchev–Trinajstić information content (AvgIpc) is 2.73. The molecule has 3 N–H and O–H groups in total. The van der Waals surface area contributed by atoms with Crippen LogP contribution in [0.2, 0.25) is 0 Å². The lowest BCUT2D eigenvalue weighted by molar-refractivity contribution is 0.429. The van der Waals surface area contributed by atoms with Crippen molar-refractivity contribution in [3.05, 3.63) is 41.3 Å². The second kappa shape index (κ2) is 5.01. The Labute approximate surface area is 103 Å². The van der Waals surface area contributed by atoms with Crippen LogP contribution in [0.1, 0.15) is 17.0 Å². The second-order valence-electron chi connectivity index (χ2n) is 3.49. The van der Waals surface area contributed by atoms with Crippen molar-refractivity contribution in [1.29, 1.82) is 5.41 Å². The predicted molar refractivity (Wildman–Crippen MR) is 66.1 cm³/mol. The van der Waals surface area contributed by atoms with Crippen LogP contribution >= 0.6 is 11.8 Å². The highest BCUT2D eigenvalue weighted by Crippen LogP contribution is 2.21. The van der Waals surface area contributed by atoms with E-state index in [0.29, 0.717) is 11.1 Å². The summed E-state index contributed by atoms with van der Waals surface area (Å²) in [7, 11) is 0. The number of nitrogens with zero attached hydrogens (tertiary/aromatic N) is 2. The summed E-state index contributed by atoms with van der Waals surface area (Å²) in [6.07, 6.45) is 0. The molecule has 0 amide bonds. The molecule has 88 valence electrons. The molecule has 0 aliphatic heterocycles. The lowest BCUT2D eigenvalue weighted by Crippen LogP contribution is -2.10. The number of nitrogen functional groups attached to an aromatic ring is 1. The van der Waals surface area contributed by atoms with Gasteiger partial charge in [0.05, 0.1) is 0 Å². The highest BCUT2D eigenvalue weighted by atomic mass is 32.2. The van der Waals surface area contributed by atoms with Crippen LogP contribution in [0.25, 0.3) is 0 Å². The monoisotopic (exact) mass is 248 g/mol. The second-order valence-corrected chi connectivity index (χ2v) is 4.41. The fourth-order valence-electron chi connectivity index (χ4n) is 1.26. The molecule has 2 rings (SSSR count). The summed E-state index contributed by atoms with van der Waals surface area (Å²) in [6.45, 7) is 1.76. The molecular weight excluding hydrogens is 236 g/mol. The van der Waals surface area contributed by atoms with E-state index in [0.717, 1.165) is 16.9 Å². The number of rotatable bonds is 4. The van der Waals surface area contributed by atoms with Gasteiger partial charge in [-0.1, -0.05) is 36.0 Å². The first-order chi connectivity index (χ1) is 8.15. The van der Waals surface area contributed by atoms with Gasteiger partial charge in [0.2, 0.25) is 5.89 Å². The zero-order valence-corrected chi connectivity index (χ0v) is 10.1. The van der Waals surface area contributed by atoms with Gasteiger partial charge in [0.15, 0.2) is 0 Å². The largest absolute Gasteiger partial charge is 0.416 e. The topological polar surface area (TPSA) is 88.8 Å². The summed E-state index contributed by atoms with van der Waals surface area (Å²) in [5.74, 6) is 1.40. The summed E-state index contributed by atoms with van der Waals surface area (Å²) in [5.41, 5.74) is 7.23. The van der Waals surface area contributed by atoms with Crippen LogP contribution in [0, 0.1) is 12.3 Å². The molecule has 6 heteroatoms. The number of nitrogens with one attached hydrogen (secondary N) is 1. The smallest absolute Gasteiger partial charge is 0.276 e. The van der Waals surface area contributed by atoms with Crippen molar-refractivity contribution in [2.75, 3.05) is 0 Å². The SMILES string of the molecule is Cc1nnc(SCc2ccc(C(=N)N)cc2)o1. The van der Waals surface area contributed by atoms with E-state index in [1.54, 1.807) is 6.92 Å². The minimum atomic E-state index is 0.0803. The number of amidine groups is 1. The maximum Gasteiger partial charge on any atom is 0.276 e. The van der Waals surface area contributed by atoms with E-state index in [9.17, 15) is 0 Å². The maximum absolute atomic E-state index is 7.28. The van der Waals surface area contributed by atoms with Gasteiger partial charge in [0.1, 0.15) is 5.84 Å². The Balaban J connectivity index is 1.97. The molecule has 0 atom stereocenters. The first-order valence-electron chi connectivity index (χ1n) is 5.01. The molecule has 0 bridgehead atoms. The Hall–Kier alpha value is -1.82. The lowest BCUT2D eigenvalue weighted by atomic mass is 10.1. The normalized spacial score (nSPS) is 10.4. The average molecular weight is 248 g/mol. The summed E-state index contributed by atoms with van der Waals surface area (Å²) < 4.78 is 5.25. The summed E-state index contributed by atoms with van der Waals surface area (Å²) >= 11 is 1.48. The van der Waals surface area contributed by atoms with E-state index in [2.05, 4.69) is 10.2 Å². The van der Waals surface area contributed by atoms with E-state index in [-0.39, 0.29) is 5.84 Å². The molecule has 0 fully saturated rings. The summed E-state index contributed by atoms with van der Waals surface area (Å²) in [4.78, 5) is 0.